The summed E-state index contributed by atoms with van der Waals surface area (Å²) in [6.45, 7) is 11.0. The van der Waals surface area contributed by atoms with Crippen LogP contribution in [0.1, 0.15) is 44.4 Å². The summed E-state index contributed by atoms with van der Waals surface area (Å²) in [6.07, 6.45) is 0.0624. The average molecular weight is 341 g/mol. The van der Waals surface area contributed by atoms with Crippen molar-refractivity contribution in [1.82, 2.24) is 0 Å². The van der Waals surface area contributed by atoms with Gasteiger partial charge in [0.25, 0.3) is 0 Å². The Hall–Kier alpha value is -1.56. The van der Waals surface area contributed by atoms with Crippen LogP contribution in [0, 0.1) is 13.8 Å². The van der Waals surface area contributed by atoms with Crippen LogP contribution in [0.15, 0.2) is 12.1 Å². The second kappa shape index (κ2) is 7.34. The fraction of sp³-hybridized carbons (Fsp3) is 0.588. The molecular weight excluding hydrogens is 314 g/mol. The van der Waals surface area contributed by atoms with Crippen molar-refractivity contribution in [3.63, 3.8) is 0 Å². The van der Waals surface area contributed by atoms with Crippen molar-refractivity contribution < 1.29 is 17.9 Å². The molecule has 1 aromatic carbocycles. The molecule has 0 bridgehead atoms. The average Bonchev–Trinajstić information content (AvgIpc) is 2.39. The van der Waals surface area contributed by atoms with Gasteiger partial charge in [0.1, 0.15) is 16.3 Å². The quantitative estimate of drug-likeness (QED) is 0.854. The van der Waals surface area contributed by atoms with Crippen molar-refractivity contribution in [3.8, 4) is 0 Å². The Morgan fingerprint density at radius 3 is 2.09 bits per heavy atom. The minimum Gasteiger partial charge on any atom is -0.443 e. The molecule has 130 valence electrons. The van der Waals surface area contributed by atoms with Gasteiger partial charge in [0.15, 0.2) is 0 Å². The van der Waals surface area contributed by atoms with Crippen LogP contribution in [-0.4, -0.2) is 32.4 Å². The second-order valence-electron chi connectivity index (χ2n) is 6.94. The summed E-state index contributed by atoms with van der Waals surface area (Å²) in [7, 11) is -0.775. The number of thiol groups is 1. The molecule has 1 amide bonds. The SMILES string of the molecule is Cc1cc(N(C)C(=O)OC(C)(C)C)cc(C)c1CC(C)[SH](=O)=O. The van der Waals surface area contributed by atoms with E-state index in [1.807, 2.05) is 46.8 Å². The number of carbonyl (C=O) groups is 1. The van der Waals surface area contributed by atoms with Gasteiger partial charge in [-0.2, -0.15) is 0 Å². The van der Waals surface area contributed by atoms with Crippen LogP contribution in [0.3, 0.4) is 0 Å². The fourth-order valence-corrected chi connectivity index (χ4v) is 2.62. The Balaban J connectivity index is 3.06. The first-order chi connectivity index (χ1) is 10.4. The zero-order chi connectivity index (χ0) is 17.9. The molecule has 0 heterocycles. The minimum absolute atomic E-state index is 0.406. The first kappa shape index (κ1) is 19.5. The molecule has 0 N–H and O–H groups in total. The number of benzene rings is 1. The van der Waals surface area contributed by atoms with E-state index in [4.69, 9.17) is 4.74 Å². The lowest BCUT2D eigenvalue weighted by Gasteiger charge is -2.25. The van der Waals surface area contributed by atoms with E-state index in [2.05, 4.69) is 0 Å². The number of carbonyl (C=O) groups excluding carboxylic acids is 1. The third-order valence-corrected chi connectivity index (χ3v) is 4.50. The molecule has 0 aliphatic rings. The second-order valence-corrected chi connectivity index (χ2v) is 8.39. The molecule has 0 aliphatic heterocycles. The summed E-state index contributed by atoms with van der Waals surface area (Å²) in [5.74, 6) is 0. The molecule has 1 rings (SSSR count). The molecule has 0 radical (unpaired) electrons. The van der Waals surface area contributed by atoms with Crippen LogP contribution in [0.4, 0.5) is 10.5 Å². The van der Waals surface area contributed by atoms with Crippen LogP contribution in [0.5, 0.6) is 0 Å². The summed E-state index contributed by atoms with van der Waals surface area (Å²) in [5, 5.41) is -0.406. The molecule has 23 heavy (non-hydrogen) atoms. The topological polar surface area (TPSA) is 63.7 Å². The van der Waals surface area contributed by atoms with E-state index in [0.29, 0.717) is 6.42 Å². The molecule has 1 atom stereocenters. The van der Waals surface area contributed by atoms with Gasteiger partial charge in [0.2, 0.25) is 0 Å². The first-order valence-electron chi connectivity index (χ1n) is 7.62. The Bertz CT molecular complexity index is 628. The van der Waals surface area contributed by atoms with Crippen LogP contribution in [0.25, 0.3) is 0 Å². The van der Waals surface area contributed by atoms with Crippen LogP contribution >= 0.6 is 0 Å². The summed E-state index contributed by atoms with van der Waals surface area (Å²) >= 11 is 0. The Morgan fingerprint density at radius 1 is 1.22 bits per heavy atom. The van der Waals surface area contributed by atoms with E-state index in [0.717, 1.165) is 22.4 Å². The molecule has 1 aromatic rings. The van der Waals surface area contributed by atoms with E-state index < -0.39 is 27.6 Å². The van der Waals surface area contributed by atoms with Crippen LogP contribution < -0.4 is 4.90 Å². The number of nitrogens with zero attached hydrogens (tertiary/aromatic N) is 1. The molecule has 0 spiro atoms. The van der Waals surface area contributed by atoms with Gasteiger partial charge in [-0.25, -0.2) is 13.2 Å². The third kappa shape index (κ3) is 5.53. The third-order valence-electron chi connectivity index (χ3n) is 3.59. The first-order valence-corrected chi connectivity index (χ1v) is 8.87. The Labute approximate surface area is 140 Å². The van der Waals surface area contributed by atoms with Crippen molar-refractivity contribution in [1.29, 1.82) is 0 Å². The lowest BCUT2D eigenvalue weighted by atomic mass is 9.97. The molecule has 1 unspecified atom stereocenters. The molecule has 0 saturated heterocycles. The zero-order valence-electron chi connectivity index (χ0n) is 15.0. The maximum absolute atomic E-state index is 12.2. The lowest BCUT2D eigenvalue weighted by molar-refractivity contribution is 0.0589. The summed E-state index contributed by atoms with van der Waals surface area (Å²) in [6, 6.07) is 3.77. The van der Waals surface area contributed by atoms with Crippen LogP contribution in [0.2, 0.25) is 0 Å². The summed E-state index contributed by atoms with van der Waals surface area (Å²) < 4.78 is 27.5. The standard InChI is InChI=1S/C17H27NO4S/c1-11-8-14(18(7)16(19)22-17(4,5)6)9-12(2)15(11)10-13(3)23(20)21/h8-9,13,23H,10H2,1-7H3. The van der Waals surface area contributed by atoms with Crippen molar-refractivity contribution in [2.75, 3.05) is 11.9 Å². The van der Waals surface area contributed by atoms with Gasteiger partial charge in [-0.3, -0.25) is 4.90 Å². The highest BCUT2D eigenvalue weighted by molar-refractivity contribution is 7.73. The fourth-order valence-electron chi connectivity index (χ4n) is 2.29. The minimum atomic E-state index is -2.44. The van der Waals surface area contributed by atoms with E-state index in [-0.39, 0.29) is 0 Å². The Kier molecular flexibility index (Phi) is 6.22. The van der Waals surface area contributed by atoms with Crippen molar-refractivity contribution in [2.45, 2.75) is 58.8 Å². The molecule has 0 aromatic heterocycles. The van der Waals surface area contributed by atoms with Gasteiger partial charge >= 0.3 is 6.09 Å². The van der Waals surface area contributed by atoms with Crippen molar-refractivity contribution in [2.24, 2.45) is 0 Å². The number of aryl methyl sites for hydroxylation is 2. The maximum Gasteiger partial charge on any atom is 0.414 e. The van der Waals surface area contributed by atoms with Crippen molar-refractivity contribution >= 4 is 22.5 Å². The predicted octanol–water partition coefficient (Wildman–Crippen LogP) is 3.22. The highest BCUT2D eigenvalue weighted by atomic mass is 32.2. The number of ether oxygens (including phenoxy) is 1. The highest BCUT2D eigenvalue weighted by Crippen LogP contribution is 2.25. The molecule has 0 aliphatic carbocycles. The van der Waals surface area contributed by atoms with Crippen molar-refractivity contribution in [3.05, 3.63) is 28.8 Å². The largest absolute Gasteiger partial charge is 0.443 e. The van der Waals surface area contributed by atoms with Gasteiger partial charge in [-0.05, 0) is 76.8 Å². The summed E-state index contributed by atoms with van der Waals surface area (Å²) in [4.78, 5) is 13.6. The van der Waals surface area contributed by atoms with Gasteiger partial charge in [0, 0.05) is 12.7 Å². The van der Waals surface area contributed by atoms with E-state index >= 15 is 0 Å². The number of rotatable bonds is 4. The number of anilines is 1. The number of hydrogen-bond acceptors (Lipinski definition) is 4. The van der Waals surface area contributed by atoms with E-state index in [1.165, 1.54) is 4.90 Å². The van der Waals surface area contributed by atoms with Gasteiger partial charge in [-0.1, -0.05) is 0 Å². The maximum atomic E-state index is 12.2. The van der Waals surface area contributed by atoms with Gasteiger partial charge < -0.3 is 4.74 Å². The molecular formula is C17H27NO4S. The van der Waals surface area contributed by atoms with E-state index in [9.17, 15) is 13.2 Å². The molecule has 0 saturated carbocycles. The van der Waals surface area contributed by atoms with Crippen LogP contribution in [-0.2, 0) is 21.9 Å². The number of hydrogen-bond donors (Lipinski definition) is 1. The predicted molar refractivity (Wildman–Crippen MR) is 94.0 cm³/mol. The lowest BCUT2D eigenvalue weighted by Crippen LogP contribution is -2.34. The zero-order valence-corrected chi connectivity index (χ0v) is 15.9. The monoisotopic (exact) mass is 341 g/mol. The molecule has 6 heteroatoms. The normalized spacial score (nSPS) is 13.0. The molecule has 5 nitrogen and oxygen atoms in total. The number of amides is 1. The van der Waals surface area contributed by atoms with E-state index in [1.54, 1.807) is 14.0 Å². The Morgan fingerprint density at radius 2 is 1.70 bits per heavy atom. The molecule has 0 fully saturated rings. The van der Waals surface area contributed by atoms with Gasteiger partial charge in [-0.15, -0.1) is 0 Å². The smallest absolute Gasteiger partial charge is 0.414 e. The highest BCUT2D eigenvalue weighted by Gasteiger charge is 2.21. The van der Waals surface area contributed by atoms with Gasteiger partial charge in [0.05, 0.1) is 5.25 Å². The summed E-state index contributed by atoms with van der Waals surface area (Å²) in [5.41, 5.74) is 3.14.